The van der Waals surface area contributed by atoms with E-state index in [1.54, 1.807) is 14.2 Å². The Labute approximate surface area is 201 Å². The van der Waals surface area contributed by atoms with Crippen LogP contribution in [0.1, 0.15) is 11.1 Å². The van der Waals surface area contributed by atoms with Crippen molar-refractivity contribution in [1.29, 1.82) is 0 Å². The van der Waals surface area contributed by atoms with E-state index in [2.05, 4.69) is 58.4 Å². The molecule has 2 atom stereocenters. The molecule has 0 bridgehead atoms. The van der Waals surface area contributed by atoms with Gasteiger partial charge < -0.3 is 24.6 Å². The fraction of sp³-hybridized carbons (Fsp3) is 0.321. The van der Waals surface area contributed by atoms with Crippen LogP contribution >= 0.6 is 0 Å². The molecule has 34 heavy (non-hydrogen) atoms. The van der Waals surface area contributed by atoms with Crippen molar-refractivity contribution in [1.82, 2.24) is 0 Å². The maximum absolute atomic E-state index is 13.6. The highest BCUT2D eigenvalue weighted by Gasteiger charge is 2.41. The predicted octanol–water partition coefficient (Wildman–Crippen LogP) is 4.52. The van der Waals surface area contributed by atoms with Gasteiger partial charge in [0.1, 0.15) is 11.5 Å². The van der Waals surface area contributed by atoms with E-state index >= 15 is 0 Å². The lowest BCUT2D eigenvalue weighted by molar-refractivity contribution is -0.120. The standard InChI is InChI=1S/C28H31N3O3/c1-19-7-10-22(11-8-19)30-13-14-31-26-17-24(34-3)12-9-20(26)15-25(27(31)18-30)28(32)29-21-5-4-6-23(16-21)33-2/h4-12,16-17,25,27H,13-15,18H2,1-3H3,(H,29,32)/t25-,27+/m0/s1. The van der Waals surface area contributed by atoms with E-state index in [0.29, 0.717) is 6.42 Å². The van der Waals surface area contributed by atoms with Gasteiger partial charge in [-0.15, -0.1) is 0 Å². The number of rotatable bonds is 5. The van der Waals surface area contributed by atoms with Gasteiger partial charge in [-0.2, -0.15) is 0 Å². The molecule has 1 saturated heterocycles. The molecule has 6 nitrogen and oxygen atoms in total. The van der Waals surface area contributed by atoms with E-state index in [4.69, 9.17) is 9.47 Å². The van der Waals surface area contributed by atoms with Gasteiger partial charge in [0.05, 0.1) is 26.2 Å². The smallest absolute Gasteiger partial charge is 0.229 e. The minimum atomic E-state index is -0.180. The first-order valence-electron chi connectivity index (χ1n) is 11.8. The van der Waals surface area contributed by atoms with E-state index in [0.717, 1.165) is 36.8 Å². The van der Waals surface area contributed by atoms with E-state index in [1.807, 2.05) is 30.3 Å². The normalized spacial score (nSPS) is 19.1. The molecule has 0 unspecified atom stereocenters. The van der Waals surface area contributed by atoms with Gasteiger partial charge in [0.2, 0.25) is 5.91 Å². The summed E-state index contributed by atoms with van der Waals surface area (Å²) in [7, 11) is 3.33. The Hall–Kier alpha value is -3.67. The highest BCUT2D eigenvalue weighted by Crippen LogP contribution is 2.39. The molecule has 1 amide bonds. The van der Waals surface area contributed by atoms with Gasteiger partial charge in [0, 0.05) is 48.8 Å². The molecule has 0 radical (unpaired) electrons. The lowest BCUT2D eigenvalue weighted by atomic mass is 9.83. The number of methoxy groups -OCH3 is 2. The summed E-state index contributed by atoms with van der Waals surface area (Å²) >= 11 is 0. The molecular formula is C28H31N3O3. The topological polar surface area (TPSA) is 54.0 Å². The number of carbonyl (C=O) groups is 1. The van der Waals surface area contributed by atoms with Crippen molar-refractivity contribution in [2.24, 2.45) is 5.92 Å². The average Bonchev–Trinajstić information content (AvgIpc) is 2.88. The number of benzene rings is 3. The van der Waals surface area contributed by atoms with Gasteiger partial charge in [-0.1, -0.05) is 29.8 Å². The number of nitrogens with one attached hydrogen (secondary N) is 1. The van der Waals surface area contributed by atoms with E-state index < -0.39 is 0 Å². The molecule has 0 aromatic heterocycles. The Morgan fingerprint density at radius 1 is 0.941 bits per heavy atom. The molecule has 2 aliphatic heterocycles. The second kappa shape index (κ2) is 9.29. The number of anilines is 3. The molecule has 3 aromatic carbocycles. The Morgan fingerprint density at radius 3 is 2.47 bits per heavy atom. The summed E-state index contributed by atoms with van der Waals surface area (Å²) in [6.45, 7) is 4.64. The Bertz CT molecular complexity index is 1180. The van der Waals surface area contributed by atoms with E-state index in [1.165, 1.54) is 22.5 Å². The number of fused-ring (bicyclic) bond motifs is 3. The van der Waals surface area contributed by atoms with Crippen molar-refractivity contribution in [3.63, 3.8) is 0 Å². The summed E-state index contributed by atoms with van der Waals surface area (Å²) in [6, 6.07) is 22.4. The summed E-state index contributed by atoms with van der Waals surface area (Å²) in [5, 5.41) is 3.15. The first-order valence-corrected chi connectivity index (χ1v) is 11.8. The molecule has 0 aliphatic carbocycles. The van der Waals surface area contributed by atoms with Crippen molar-refractivity contribution in [2.75, 3.05) is 49.0 Å². The molecule has 2 heterocycles. The van der Waals surface area contributed by atoms with Crippen LogP contribution in [0, 0.1) is 12.8 Å². The Kier molecular flexibility index (Phi) is 6.05. The minimum Gasteiger partial charge on any atom is -0.497 e. The van der Waals surface area contributed by atoms with Crippen molar-refractivity contribution in [3.8, 4) is 11.5 Å². The Morgan fingerprint density at radius 2 is 1.71 bits per heavy atom. The number of ether oxygens (including phenoxy) is 2. The second-order valence-electron chi connectivity index (χ2n) is 9.07. The van der Waals surface area contributed by atoms with Crippen LogP contribution in [0.25, 0.3) is 0 Å². The van der Waals surface area contributed by atoms with Crippen LogP contribution < -0.4 is 24.6 Å². The van der Waals surface area contributed by atoms with Gasteiger partial charge in [-0.3, -0.25) is 4.79 Å². The van der Waals surface area contributed by atoms with E-state index in [9.17, 15) is 4.79 Å². The molecule has 3 aromatic rings. The Balaban J connectivity index is 1.46. The number of hydrogen-bond donors (Lipinski definition) is 1. The number of carbonyl (C=O) groups excluding carboxylic acids is 1. The first-order chi connectivity index (χ1) is 16.6. The molecule has 6 heteroatoms. The molecule has 1 fully saturated rings. The van der Waals surface area contributed by atoms with Gasteiger partial charge in [0.25, 0.3) is 0 Å². The van der Waals surface area contributed by atoms with Crippen LogP contribution in [0.15, 0.2) is 66.7 Å². The minimum absolute atomic E-state index is 0.0375. The first kappa shape index (κ1) is 22.1. The summed E-state index contributed by atoms with van der Waals surface area (Å²) in [4.78, 5) is 18.4. The van der Waals surface area contributed by atoms with Crippen molar-refractivity contribution >= 4 is 23.0 Å². The second-order valence-corrected chi connectivity index (χ2v) is 9.07. The van der Waals surface area contributed by atoms with Crippen LogP contribution in [-0.2, 0) is 11.2 Å². The highest BCUT2D eigenvalue weighted by molar-refractivity contribution is 5.94. The number of aryl methyl sites for hydroxylation is 1. The van der Waals surface area contributed by atoms with Gasteiger partial charge in [-0.05, 0) is 49.2 Å². The maximum Gasteiger partial charge on any atom is 0.229 e. The zero-order chi connectivity index (χ0) is 23.7. The fourth-order valence-electron chi connectivity index (χ4n) is 5.13. The van der Waals surface area contributed by atoms with Crippen molar-refractivity contribution < 1.29 is 14.3 Å². The number of amides is 1. The third kappa shape index (κ3) is 4.28. The van der Waals surface area contributed by atoms with Crippen LogP contribution in [0.3, 0.4) is 0 Å². The number of nitrogens with zero attached hydrogens (tertiary/aromatic N) is 2. The zero-order valence-corrected chi connectivity index (χ0v) is 20.0. The summed E-state index contributed by atoms with van der Waals surface area (Å²) in [5.41, 5.74) is 5.57. The van der Waals surface area contributed by atoms with Gasteiger partial charge >= 0.3 is 0 Å². The summed E-state index contributed by atoms with van der Waals surface area (Å²) < 4.78 is 10.8. The largest absolute Gasteiger partial charge is 0.497 e. The van der Waals surface area contributed by atoms with Crippen molar-refractivity contribution in [3.05, 3.63) is 77.9 Å². The lowest BCUT2D eigenvalue weighted by Crippen LogP contribution is -2.60. The summed E-state index contributed by atoms with van der Waals surface area (Å²) in [5.74, 6) is 1.43. The average molecular weight is 458 g/mol. The SMILES string of the molecule is COc1cccc(NC(=O)[C@H]2Cc3ccc(OC)cc3N3CCN(c4ccc(C)cc4)C[C@H]23)c1. The molecule has 0 saturated carbocycles. The van der Waals surface area contributed by atoms with Crippen LogP contribution in [0.4, 0.5) is 17.1 Å². The predicted molar refractivity (Wildman–Crippen MR) is 136 cm³/mol. The molecule has 0 spiro atoms. The third-order valence-electron chi connectivity index (χ3n) is 7.00. The van der Waals surface area contributed by atoms with Crippen LogP contribution in [0.2, 0.25) is 0 Å². The molecule has 2 aliphatic rings. The lowest BCUT2D eigenvalue weighted by Gasteiger charge is -2.49. The number of piperazine rings is 1. The van der Waals surface area contributed by atoms with Crippen molar-refractivity contribution in [2.45, 2.75) is 19.4 Å². The summed E-state index contributed by atoms with van der Waals surface area (Å²) in [6.07, 6.45) is 0.692. The fourth-order valence-corrected chi connectivity index (χ4v) is 5.13. The monoisotopic (exact) mass is 457 g/mol. The quantitative estimate of drug-likeness (QED) is 0.611. The third-order valence-corrected chi connectivity index (χ3v) is 7.00. The van der Waals surface area contributed by atoms with Crippen LogP contribution in [0.5, 0.6) is 11.5 Å². The van der Waals surface area contributed by atoms with Gasteiger partial charge in [0.15, 0.2) is 0 Å². The maximum atomic E-state index is 13.6. The molecule has 5 rings (SSSR count). The molecule has 1 N–H and O–H groups in total. The van der Waals surface area contributed by atoms with E-state index in [-0.39, 0.29) is 17.9 Å². The number of hydrogen-bond acceptors (Lipinski definition) is 5. The highest BCUT2D eigenvalue weighted by atomic mass is 16.5. The van der Waals surface area contributed by atoms with Gasteiger partial charge in [-0.25, -0.2) is 0 Å². The molecular weight excluding hydrogens is 426 g/mol. The molecule has 176 valence electrons. The van der Waals surface area contributed by atoms with Crippen LogP contribution in [-0.4, -0.2) is 45.8 Å². The zero-order valence-electron chi connectivity index (χ0n) is 20.0.